The van der Waals surface area contributed by atoms with Crippen molar-refractivity contribution in [3.8, 4) is 5.75 Å². The van der Waals surface area contributed by atoms with E-state index in [0.717, 1.165) is 6.07 Å². The summed E-state index contributed by atoms with van der Waals surface area (Å²) in [5.41, 5.74) is 0.301. The summed E-state index contributed by atoms with van der Waals surface area (Å²) >= 11 is 7.10. The van der Waals surface area contributed by atoms with Gasteiger partial charge < -0.3 is 10.1 Å². The fourth-order valence-corrected chi connectivity index (χ4v) is 2.81. The van der Waals surface area contributed by atoms with Crippen molar-refractivity contribution >= 4 is 40.5 Å². The Morgan fingerprint density at radius 1 is 1.08 bits per heavy atom. The number of amides is 1. The second kappa shape index (κ2) is 7.46. The molecule has 126 valence electrons. The third-order valence-electron chi connectivity index (χ3n) is 3.22. The predicted molar refractivity (Wildman–Crippen MR) is 95.1 cm³/mol. The van der Waals surface area contributed by atoms with E-state index < -0.39 is 11.8 Å². The first-order valence-electron chi connectivity index (χ1n) is 7.15. The predicted octanol–water partition coefficient (Wildman–Crippen LogP) is 5.01. The van der Waals surface area contributed by atoms with Gasteiger partial charge in [0.05, 0.1) is 10.4 Å². The quantitative estimate of drug-likeness (QED) is 0.515. The van der Waals surface area contributed by atoms with Crippen LogP contribution in [-0.4, -0.2) is 11.9 Å². The van der Waals surface area contributed by atoms with Gasteiger partial charge in [-0.3, -0.25) is 4.79 Å². The third-order valence-corrected chi connectivity index (χ3v) is 4.32. The summed E-state index contributed by atoms with van der Waals surface area (Å²) in [4.78, 5) is 24.6. The van der Waals surface area contributed by atoms with E-state index in [1.807, 2.05) is 5.38 Å². The number of anilines is 1. The van der Waals surface area contributed by atoms with Crippen LogP contribution < -0.4 is 10.1 Å². The first kappa shape index (κ1) is 17.1. The summed E-state index contributed by atoms with van der Waals surface area (Å²) in [7, 11) is 0. The van der Waals surface area contributed by atoms with Gasteiger partial charge in [-0.25, -0.2) is 9.18 Å². The van der Waals surface area contributed by atoms with Gasteiger partial charge in [-0.05, 0) is 53.9 Å². The van der Waals surface area contributed by atoms with Crippen molar-refractivity contribution in [2.45, 2.75) is 0 Å². The highest BCUT2D eigenvalue weighted by Gasteiger charge is 2.15. The lowest BCUT2D eigenvalue weighted by Gasteiger charge is -2.07. The number of ether oxygens (including phenoxy) is 1. The molecule has 0 fully saturated rings. The van der Waals surface area contributed by atoms with Gasteiger partial charge in [0.2, 0.25) is 0 Å². The van der Waals surface area contributed by atoms with E-state index in [9.17, 15) is 14.0 Å². The van der Waals surface area contributed by atoms with Crippen LogP contribution in [0, 0.1) is 5.82 Å². The Morgan fingerprint density at radius 2 is 1.84 bits per heavy atom. The molecule has 3 rings (SSSR count). The van der Waals surface area contributed by atoms with Gasteiger partial charge in [-0.1, -0.05) is 17.7 Å². The molecule has 1 N–H and O–H groups in total. The van der Waals surface area contributed by atoms with Crippen LogP contribution in [0.25, 0.3) is 0 Å². The number of halogens is 2. The van der Waals surface area contributed by atoms with Gasteiger partial charge in [-0.2, -0.15) is 0 Å². The van der Waals surface area contributed by atoms with Crippen molar-refractivity contribution in [2.24, 2.45) is 0 Å². The molecule has 0 atom stereocenters. The van der Waals surface area contributed by atoms with Crippen molar-refractivity contribution in [3.63, 3.8) is 0 Å². The smallest absolute Gasteiger partial charge is 0.346 e. The minimum atomic E-state index is -0.852. The lowest BCUT2D eigenvalue weighted by atomic mass is 10.2. The average Bonchev–Trinajstić information content (AvgIpc) is 3.13. The SMILES string of the molecule is O=C(Nc1ccc(OC(=O)c2cc(Cl)ccc2F)cc1)c1cccs1. The Kier molecular flexibility index (Phi) is 5.11. The molecule has 1 amide bonds. The highest BCUT2D eigenvalue weighted by molar-refractivity contribution is 7.12. The molecular formula is C18H11ClFNO3S. The third kappa shape index (κ3) is 4.23. The molecule has 0 radical (unpaired) electrons. The highest BCUT2D eigenvalue weighted by Crippen LogP contribution is 2.21. The minimum absolute atomic E-state index is 0.221. The van der Waals surface area contributed by atoms with E-state index in [2.05, 4.69) is 5.32 Å². The summed E-state index contributed by atoms with van der Waals surface area (Å²) in [5, 5.41) is 4.77. The van der Waals surface area contributed by atoms with Gasteiger partial charge in [0.15, 0.2) is 0 Å². The molecule has 25 heavy (non-hydrogen) atoms. The maximum Gasteiger partial charge on any atom is 0.346 e. The molecule has 0 aliphatic heterocycles. The molecule has 1 aromatic heterocycles. The van der Waals surface area contributed by atoms with Crippen molar-refractivity contribution in [3.05, 3.63) is 81.3 Å². The van der Waals surface area contributed by atoms with E-state index in [0.29, 0.717) is 10.6 Å². The van der Waals surface area contributed by atoms with Gasteiger partial charge in [0.25, 0.3) is 5.91 Å². The van der Waals surface area contributed by atoms with E-state index in [1.54, 1.807) is 24.3 Å². The summed E-state index contributed by atoms with van der Waals surface area (Å²) in [6, 6.07) is 13.3. The van der Waals surface area contributed by atoms with Crippen molar-refractivity contribution in [1.82, 2.24) is 0 Å². The van der Waals surface area contributed by atoms with E-state index in [1.165, 1.54) is 35.6 Å². The number of benzene rings is 2. The number of carbonyl (C=O) groups is 2. The summed E-state index contributed by atoms with van der Waals surface area (Å²) in [5.74, 6) is -1.57. The van der Waals surface area contributed by atoms with E-state index in [4.69, 9.17) is 16.3 Å². The molecule has 0 aliphatic rings. The molecule has 0 saturated heterocycles. The fraction of sp³-hybridized carbons (Fsp3) is 0. The highest BCUT2D eigenvalue weighted by atomic mass is 35.5. The largest absolute Gasteiger partial charge is 0.423 e. The molecule has 2 aromatic carbocycles. The molecular weight excluding hydrogens is 365 g/mol. The van der Waals surface area contributed by atoms with Crippen LogP contribution in [0.1, 0.15) is 20.0 Å². The monoisotopic (exact) mass is 375 g/mol. The molecule has 0 saturated carbocycles. The Morgan fingerprint density at radius 3 is 2.52 bits per heavy atom. The van der Waals surface area contributed by atoms with Crippen LogP contribution in [0.5, 0.6) is 5.75 Å². The standard InChI is InChI=1S/C18H11ClFNO3S/c19-11-3-8-15(20)14(10-11)18(23)24-13-6-4-12(5-7-13)21-17(22)16-2-1-9-25-16/h1-10H,(H,21,22). The molecule has 1 heterocycles. The normalized spacial score (nSPS) is 10.3. The molecule has 0 bridgehead atoms. The Balaban J connectivity index is 1.67. The number of rotatable bonds is 4. The fourth-order valence-electron chi connectivity index (χ4n) is 2.02. The number of carbonyl (C=O) groups excluding carboxylic acids is 2. The zero-order valence-electron chi connectivity index (χ0n) is 12.7. The number of nitrogens with one attached hydrogen (secondary N) is 1. The molecule has 0 spiro atoms. The van der Waals surface area contributed by atoms with Crippen molar-refractivity contribution in [2.75, 3.05) is 5.32 Å². The lowest BCUT2D eigenvalue weighted by molar-refractivity contribution is 0.0729. The van der Waals surface area contributed by atoms with Crippen molar-refractivity contribution in [1.29, 1.82) is 0 Å². The van der Waals surface area contributed by atoms with Gasteiger partial charge in [0.1, 0.15) is 11.6 Å². The topological polar surface area (TPSA) is 55.4 Å². The maximum absolute atomic E-state index is 13.7. The van der Waals surface area contributed by atoms with Crippen molar-refractivity contribution < 1.29 is 18.7 Å². The Labute approximate surface area is 151 Å². The second-order valence-electron chi connectivity index (χ2n) is 4.97. The first-order valence-corrected chi connectivity index (χ1v) is 8.41. The first-order chi connectivity index (χ1) is 12.0. The van der Waals surface area contributed by atoms with Gasteiger partial charge >= 0.3 is 5.97 Å². The summed E-state index contributed by atoms with van der Waals surface area (Å²) < 4.78 is 18.8. The van der Waals surface area contributed by atoms with Crippen LogP contribution in [0.15, 0.2) is 60.0 Å². The van der Waals surface area contributed by atoms with Crippen LogP contribution in [0.4, 0.5) is 10.1 Å². The summed E-state index contributed by atoms with van der Waals surface area (Å²) in [6.07, 6.45) is 0. The molecule has 7 heteroatoms. The second-order valence-corrected chi connectivity index (χ2v) is 6.35. The Bertz CT molecular complexity index is 911. The molecule has 4 nitrogen and oxygen atoms in total. The van der Waals surface area contributed by atoms with Crippen LogP contribution in [0.2, 0.25) is 5.02 Å². The number of hydrogen-bond acceptors (Lipinski definition) is 4. The maximum atomic E-state index is 13.7. The molecule has 0 unspecified atom stereocenters. The Hall–Kier alpha value is -2.70. The number of hydrogen-bond donors (Lipinski definition) is 1. The average molecular weight is 376 g/mol. The van der Waals surface area contributed by atoms with Gasteiger partial charge in [-0.15, -0.1) is 11.3 Å². The van der Waals surface area contributed by atoms with Crippen LogP contribution >= 0.6 is 22.9 Å². The molecule has 3 aromatic rings. The minimum Gasteiger partial charge on any atom is -0.423 e. The molecule has 0 aliphatic carbocycles. The van der Waals surface area contributed by atoms with Crippen LogP contribution in [-0.2, 0) is 0 Å². The zero-order chi connectivity index (χ0) is 17.8. The summed E-state index contributed by atoms with van der Waals surface area (Å²) in [6.45, 7) is 0. The van der Waals surface area contributed by atoms with Crippen LogP contribution in [0.3, 0.4) is 0 Å². The number of thiophene rings is 1. The lowest BCUT2D eigenvalue weighted by Crippen LogP contribution is -2.11. The van der Waals surface area contributed by atoms with E-state index >= 15 is 0 Å². The van der Waals surface area contributed by atoms with E-state index in [-0.39, 0.29) is 22.2 Å². The number of esters is 1. The zero-order valence-corrected chi connectivity index (χ0v) is 14.2. The van der Waals surface area contributed by atoms with Gasteiger partial charge in [0, 0.05) is 10.7 Å².